The van der Waals surface area contributed by atoms with Crippen LogP contribution in [0.2, 0.25) is 5.02 Å². The van der Waals surface area contributed by atoms with E-state index in [0.29, 0.717) is 5.56 Å². The molecule has 0 saturated carbocycles. The summed E-state index contributed by atoms with van der Waals surface area (Å²) in [6, 6.07) is 1.29. The second-order valence-electron chi connectivity index (χ2n) is 26.1. The van der Waals surface area contributed by atoms with Gasteiger partial charge in [-0.1, -0.05) is 25.4 Å². The highest BCUT2D eigenvalue weighted by Gasteiger charge is 2.73. The minimum absolute atomic E-state index is 0.00989. The lowest BCUT2D eigenvalue weighted by Crippen LogP contribution is -2.72. The van der Waals surface area contributed by atoms with Crippen LogP contribution in [0.25, 0.3) is 0 Å². The molecule has 31 atom stereocenters. The number of benzene rings is 1. The van der Waals surface area contributed by atoms with Gasteiger partial charge in [0.1, 0.15) is 102 Å². The Morgan fingerprint density at radius 3 is 2.03 bits per heavy atom. The molecule has 10 saturated heterocycles. The van der Waals surface area contributed by atoms with Crippen molar-refractivity contribution in [1.29, 1.82) is 0 Å². The number of aliphatic hydroxyl groups excluding tert-OH is 4. The first kappa shape index (κ1) is 72.0. The predicted molar refractivity (Wildman–Crippen MR) is 308 cm³/mol. The fraction of sp³-hybridized carbons (Fsp3) is 0.852. The van der Waals surface area contributed by atoms with E-state index >= 15 is 0 Å². The van der Waals surface area contributed by atoms with Gasteiger partial charge in [-0.3, -0.25) is 9.59 Å². The number of halogens is 1. The zero-order chi connectivity index (χ0) is 68.0. The van der Waals surface area contributed by atoms with Gasteiger partial charge in [0.05, 0.1) is 75.4 Å². The molecule has 33 heteroatoms. The summed E-state index contributed by atoms with van der Waals surface area (Å²) < 4.78 is 142. The largest absolute Gasteiger partial charge is 0.506 e. The van der Waals surface area contributed by atoms with Gasteiger partial charge in [0.2, 0.25) is 6.29 Å². The Hall–Kier alpha value is -3.28. The zero-order valence-corrected chi connectivity index (χ0v) is 55.4. The molecule has 0 bridgehead atoms. The van der Waals surface area contributed by atoms with E-state index in [1.54, 1.807) is 55.4 Å². The maximum atomic E-state index is 13.5. The molecule has 10 aliphatic heterocycles. The highest BCUT2D eigenvalue weighted by atomic mass is 35.5. The molecule has 0 aliphatic carbocycles. The Balaban J connectivity index is 0.723. The summed E-state index contributed by atoms with van der Waals surface area (Å²) in [4.78, 5) is 39.7. The lowest BCUT2D eigenvalue weighted by atomic mass is 9.81. The number of aromatic hydroxyl groups is 1. The second-order valence-corrected chi connectivity index (χ2v) is 26.5. The van der Waals surface area contributed by atoms with Crippen molar-refractivity contribution in [3.05, 3.63) is 22.2 Å². The highest BCUT2D eigenvalue weighted by Crippen LogP contribution is 2.53. The predicted octanol–water partition coefficient (Wildman–Crippen LogP) is 0.399. The van der Waals surface area contributed by atoms with Crippen molar-refractivity contribution in [2.75, 3.05) is 48.4 Å². The molecule has 31 unspecified atom stereocenters. The number of fused-ring (bicyclic) bond motifs is 4. The lowest BCUT2D eigenvalue weighted by Gasteiger charge is -2.49. The molecule has 0 aromatic heterocycles. The third-order valence-corrected chi connectivity index (χ3v) is 19.6. The van der Waals surface area contributed by atoms with Crippen LogP contribution in [-0.4, -0.2) is 286 Å². The number of esters is 2. The first-order valence-corrected chi connectivity index (χ1v) is 32.0. The van der Waals surface area contributed by atoms with Gasteiger partial charge in [-0.05, 0) is 67.0 Å². The van der Waals surface area contributed by atoms with Gasteiger partial charge in [-0.25, -0.2) is 4.79 Å². The summed E-state index contributed by atoms with van der Waals surface area (Å²) in [7, 11) is 5.40. The maximum Gasteiger partial charge on any atom is 0.342 e. The minimum Gasteiger partial charge on any atom is -0.506 e. The molecular weight excluding hydrogens is 1280 g/mol. The summed E-state index contributed by atoms with van der Waals surface area (Å²) in [6.45, 7) is 15.2. The number of hydrogen-bond acceptors (Lipinski definition) is 32. The smallest absolute Gasteiger partial charge is 0.342 e. The first-order chi connectivity index (χ1) is 44.4. The zero-order valence-electron chi connectivity index (χ0n) is 54.7. The van der Waals surface area contributed by atoms with Gasteiger partial charge >= 0.3 is 17.9 Å². The number of aryl methyl sites for hydroxylation is 1. The molecule has 2 spiro atoms. The number of rotatable bonds is 18. The van der Waals surface area contributed by atoms with Gasteiger partial charge in [0.25, 0.3) is 5.97 Å². The van der Waals surface area contributed by atoms with Crippen LogP contribution in [0, 0.1) is 12.8 Å². The molecule has 0 amide bonds. The van der Waals surface area contributed by atoms with Crippen molar-refractivity contribution >= 4 is 29.3 Å². The van der Waals surface area contributed by atoms with Crippen LogP contribution in [0.5, 0.6) is 11.5 Å². The van der Waals surface area contributed by atoms with Gasteiger partial charge in [0.15, 0.2) is 60.6 Å². The third-order valence-electron chi connectivity index (χ3n) is 19.2. The number of hydrogen-bond donors (Lipinski definition) is 6. The Labute approximate surface area is 547 Å². The van der Waals surface area contributed by atoms with Crippen molar-refractivity contribution in [2.24, 2.45) is 5.92 Å². The molecule has 11 rings (SSSR count). The normalized spacial score (nSPS) is 47.7. The molecule has 0 radical (unpaired) electrons. The van der Waals surface area contributed by atoms with E-state index in [1.165, 1.54) is 48.4 Å². The summed E-state index contributed by atoms with van der Waals surface area (Å²) in [5.74, 6) is -7.05. The number of phenols is 1. The van der Waals surface area contributed by atoms with E-state index in [2.05, 4.69) is 0 Å². The van der Waals surface area contributed by atoms with Gasteiger partial charge in [-0.2, -0.15) is 0 Å². The number of carbonyl (C=O) groups excluding carboxylic acids is 3. The molecule has 1 aromatic carbocycles. The number of Topliss-reactive ketones (excluding diaryl/α,β-unsaturated/α-hetero) is 1. The molecule has 10 aliphatic rings. The van der Waals surface area contributed by atoms with E-state index in [-0.39, 0.29) is 61.4 Å². The van der Waals surface area contributed by atoms with E-state index < -0.39 is 213 Å². The van der Waals surface area contributed by atoms with E-state index in [1.807, 2.05) is 0 Å². The number of ether oxygens (including phenoxy) is 23. The Morgan fingerprint density at radius 2 is 1.37 bits per heavy atom. The summed E-state index contributed by atoms with van der Waals surface area (Å²) in [6.07, 6.45) is -32.5. The van der Waals surface area contributed by atoms with Crippen LogP contribution in [0.15, 0.2) is 6.07 Å². The van der Waals surface area contributed by atoms with Crippen LogP contribution < -0.4 is 4.74 Å². The van der Waals surface area contributed by atoms with Crippen LogP contribution in [0.3, 0.4) is 0 Å². The van der Waals surface area contributed by atoms with Gasteiger partial charge in [-0.15, -0.1) is 0 Å². The SMILES string of the molecule is COCC1OC(OC2OCC3OC4(OC3C2OC(=O)C(C)C)OC(C)C(O)(C(C)=O)C2OCOC24)C(OC)C(O)C1OC1OC(C)C(OC)C(OC2CC3(C)OC4(CC(O)C(OC5CC(O)C(OC(=O)c6c(C)cc(O)c(Cl)c6OC)C(C)O5)C(C)O4)OC3C(C)O2)C1O. The van der Waals surface area contributed by atoms with Crippen molar-refractivity contribution in [1.82, 2.24) is 0 Å². The Morgan fingerprint density at radius 1 is 0.681 bits per heavy atom. The van der Waals surface area contributed by atoms with Crippen molar-refractivity contribution < 1.29 is 154 Å². The standard InChI is InChI=1S/C61H89ClO32/c1-22(2)53(69)86-49-45-34(91-61(92-45)52-51(77-21-78-52)60(71,28(8)63)29(9)90-61)20-76-56(49)88-57-48(75-14)39(67)44(33(82-57)19-72-11)87-55-40(68)47(43(73-12)25(5)81-55)84-36-18-58(10)50(27(7)80-36)93-59(94-58)17-32(66)42(26(6)89-59)83-35-16-31(65)41(24(4)79-35)85-54(70)37-23(3)15-30(64)38(62)46(37)74-13/h15,22,24-27,29,31-36,39-45,47-52,55-57,64-68,71H,16-21H2,1-14H3. The molecule has 94 heavy (non-hydrogen) atoms. The van der Waals surface area contributed by atoms with Gasteiger partial charge < -0.3 is 140 Å². The van der Waals surface area contributed by atoms with Crippen LogP contribution in [0.1, 0.15) is 97.5 Å². The van der Waals surface area contributed by atoms with E-state index in [9.17, 15) is 45.0 Å². The number of ketones is 1. The number of carbonyl (C=O) groups is 3. The average Bonchev–Trinajstić information content (AvgIpc) is 1.52. The first-order valence-electron chi connectivity index (χ1n) is 31.6. The van der Waals surface area contributed by atoms with E-state index in [4.69, 9.17) is 121 Å². The highest BCUT2D eigenvalue weighted by molar-refractivity contribution is 6.34. The van der Waals surface area contributed by atoms with Crippen molar-refractivity contribution in [2.45, 2.75) is 277 Å². The van der Waals surface area contributed by atoms with Crippen LogP contribution in [-0.2, 0) is 114 Å². The topological polar surface area (TPSA) is 385 Å². The molecule has 1 aromatic rings. The summed E-state index contributed by atoms with van der Waals surface area (Å²) in [5.41, 5.74) is -3.03. The molecule has 6 N–H and O–H groups in total. The summed E-state index contributed by atoms with van der Waals surface area (Å²) >= 11 is 6.21. The van der Waals surface area contributed by atoms with Crippen LogP contribution in [0.4, 0.5) is 0 Å². The fourth-order valence-electron chi connectivity index (χ4n) is 14.5. The monoisotopic (exact) mass is 1370 g/mol. The third kappa shape index (κ3) is 13.2. The second kappa shape index (κ2) is 28.0. The molecule has 32 nitrogen and oxygen atoms in total. The lowest BCUT2D eigenvalue weighted by molar-refractivity contribution is -0.428. The maximum absolute atomic E-state index is 13.5. The quantitative estimate of drug-likeness (QED) is 0.108. The molecular formula is C61H89ClO32. The van der Waals surface area contributed by atoms with Crippen molar-refractivity contribution in [3.63, 3.8) is 0 Å². The number of aliphatic hydroxyl groups is 5. The number of phenolic OH excluding ortho intramolecular Hbond substituents is 1. The Bertz CT molecular complexity index is 2830. The van der Waals surface area contributed by atoms with Crippen molar-refractivity contribution in [3.8, 4) is 11.5 Å². The molecule has 10 heterocycles. The average molecular weight is 1370 g/mol. The minimum atomic E-state index is -2.12. The Kier molecular flexibility index (Phi) is 21.5. The summed E-state index contributed by atoms with van der Waals surface area (Å²) in [5, 5.41) is 69.2. The van der Waals surface area contributed by atoms with Crippen LogP contribution >= 0.6 is 11.6 Å². The number of methoxy groups -OCH3 is 4. The van der Waals surface area contributed by atoms with E-state index in [0.717, 1.165) is 0 Å². The van der Waals surface area contributed by atoms with Gasteiger partial charge in [0, 0.05) is 34.2 Å². The molecule has 532 valence electrons. The molecule has 10 fully saturated rings. The fourth-order valence-corrected chi connectivity index (χ4v) is 14.8.